The molecule has 1 aromatic carbocycles. The molecular weight excluding hydrogens is 326 g/mol. The van der Waals surface area contributed by atoms with E-state index in [0.717, 1.165) is 31.6 Å². The number of hydrogen-bond acceptors (Lipinski definition) is 5. The number of amides is 2. The van der Waals surface area contributed by atoms with E-state index in [1.54, 1.807) is 6.33 Å². The Hall–Kier alpha value is -2.35. The molecule has 1 saturated heterocycles. The molecule has 0 spiro atoms. The average molecular weight is 345 g/mol. The van der Waals surface area contributed by atoms with Crippen LogP contribution in [0.1, 0.15) is 19.8 Å². The van der Waals surface area contributed by atoms with Crippen LogP contribution in [0.4, 0.5) is 5.69 Å². The lowest BCUT2D eigenvalue weighted by atomic mass is 10.2. The molecular formula is C16H19N5O2S. The quantitative estimate of drug-likeness (QED) is 0.838. The summed E-state index contributed by atoms with van der Waals surface area (Å²) in [7, 11) is 0. The largest absolute Gasteiger partial charge is 0.342 e. The van der Waals surface area contributed by atoms with Gasteiger partial charge in [-0.3, -0.25) is 14.2 Å². The molecule has 1 N–H and O–H groups in total. The van der Waals surface area contributed by atoms with Crippen LogP contribution in [0.5, 0.6) is 0 Å². The number of likely N-dealkylation sites (tertiary alicyclic amines) is 1. The second-order valence-corrected chi connectivity index (χ2v) is 6.53. The van der Waals surface area contributed by atoms with Gasteiger partial charge in [0.25, 0.3) is 0 Å². The van der Waals surface area contributed by atoms with Crippen molar-refractivity contribution >= 4 is 29.3 Å². The molecule has 0 bridgehead atoms. The smallest absolute Gasteiger partial charge is 0.233 e. The lowest BCUT2D eigenvalue weighted by Crippen LogP contribution is -2.29. The van der Waals surface area contributed by atoms with Crippen LogP contribution in [0.25, 0.3) is 5.69 Å². The summed E-state index contributed by atoms with van der Waals surface area (Å²) >= 11 is 1.37. The number of benzene rings is 1. The van der Waals surface area contributed by atoms with Crippen molar-refractivity contribution in [3.63, 3.8) is 0 Å². The molecule has 126 valence electrons. The summed E-state index contributed by atoms with van der Waals surface area (Å²) in [6, 6.07) is 7.42. The summed E-state index contributed by atoms with van der Waals surface area (Å²) in [6.45, 7) is 3.17. The van der Waals surface area contributed by atoms with Crippen LogP contribution in [0.15, 0.2) is 35.7 Å². The minimum atomic E-state index is -0.123. The van der Waals surface area contributed by atoms with E-state index in [1.165, 1.54) is 18.7 Å². The maximum absolute atomic E-state index is 12.2. The van der Waals surface area contributed by atoms with Crippen LogP contribution in [-0.2, 0) is 9.59 Å². The van der Waals surface area contributed by atoms with Crippen molar-refractivity contribution in [2.24, 2.45) is 0 Å². The van der Waals surface area contributed by atoms with Crippen molar-refractivity contribution in [2.45, 2.75) is 24.9 Å². The highest BCUT2D eigenvalue weighted by atomic mass is 32.2. The molecule has 0 unspecified atom stereocenters. The fraction of sp³-hybridized carbons (Fsp3) is 0.375. The number of nitrogens with zero attached hydrogens (tertiary/aromatic N) is 4. The number of nitrogens with one attached hydrogen (secondary N) is 1. The maximum atomic E-state index is 12.2. The maximum Gasteiger partial charge on any atom is 0.233 e. The molecule has 2 amide bonds. The summed E-state index contributed by atoms with van der Waals surface area (Å²) in [6.07, 6.45) is 3.78. The van der Waals surface area contributed by atoms with Crippen LogP contribution in [0.3, 0.4) is 0 Å². The van der Waals surface area contributed by atoms with E-state index in [1.807, 2.05) is 33.7 Å². The molecule has 0 radical (unpaired) electrons. The lowest BCUT2D eigenvalue weighted by Gasteiger charge is -2.14. The first-order valence-electron chi connectivity index (χ1n) is 7.82. The van der Waals surface area contributed by atoms with Crippen molar-refractivity contribution in [1.29, 1.82) is 0 Å². The second kappa shape index (κ2) is 7.48. The van der Waals surface area contributed by atoms with E-state index in [0.29, 0.717) is 16.6 Å². The Labute approximate surface area is 144 Å². The standard InChI is InChI=1S/C16H19N5O2S/c1-12(22)18-13-5-4-6-14(9-13)21-11-17-19-16(21)24-10-15(23)20-7-2-3-8-20/h4-6,9,11H,2-3,7-8,10H2,1H3,(H,18,22). The molecule has 0 atom stereocenters. The third-order valence-corrected chi connectivity index (χ3v) is 4.67. The monoisotopic (exact) mass is 345 g/mol. The summed E-state index contributed by atoms with van der Waals surface area (Å²) in [5.74, 6) is 0.366. The van der Waals surface area contributed by atoms with Gasteiger partial charge in [-0.15, -0.1) is 10.2 Å². The third-order valence-electron chi connectivity index (χ3n) is 3.74. The molecule has 8 heteroatoms. The van der Waals surface area contributed by atoms with E-state index in [4.69, 9.17) is 0 Å². The zero-order valence-electron chi connectivity index (χ0n) is 13.4. The normalized spacial score (nSPS) is 14.0. The number of thioether (sulfide) groups is 1. The van der Waals surface area contributed by atoms with E-state index >= 15 is 0 Å². The second-order valence-electron chi connectivity index (χ2n) is 5.59. The number of hydrogen-bond donors (Lipinski definition) is 1. The van der Waals surface area contributed by atoms with Gasteiger partial charge in [-0.2, -0.15) is 0 Å². The van der Waals surface area contributed by atoms with Crippen molar-refractivity contribution in [2.75, 3.05) is 24.2 Å². The SMILES string of the molecule is CC(=O)Nc1cccc(-n2cnnc2SCC(=O)N2CCCC2)c1. The molecule has 1 fully saturated rings. The van der Waals surface area contributed by atoms with Gasteiger partial charge in [-0.05, 0) is 31.0 Å². The lowest BCUT2D eigenvalue weighted by molar-refractivity contribution is -0.127. The summed E-state index contributed by atoms with van der Waals surface area (Å²) in [5.41, 5.74) is 1.54. The Kier molecular flexibility index (Phi) is 5.14. The number of carbonyl (C=O) groups excluding carboxylic acids is 2. The number of anilines is 1. The number of aromatic nitrogens is 3. The first-order valence-corrected chi connectivity index (χ1v) is 8.80. The van der Waals surface area contributed by atoms with Gasteiger partial charge in [0.05, 0.1) is 11.4 Å². The Balaban J connectivity index is 1.70. The van der Waals surface area contributed by atoms with Gasteiger partial charge in [-0.1, -0.05) is 17.8 Å². The molecule has 24 heavy (non-hydrogen) atoms. The van der Waals surface area contributed by atoms with Crippen LogP contribution >= 0.6 is 11.8 Å². The fourth-order valence-corrected chi connectivity index (χ4v) is 3.45. The Morgan fingerprint density at radius 1 is 1.29 bits per heavy atom. The zero-order chi connectivity index (χ0) is 16.9. The Morgan fingerprint density at radius 2 is 2.08 bits per heavy atom. The molecule has 3 rings (SSSR count). The summed E-state index contributed by atoms with van der Waals surface area (Å²) in [5, 5.41) is 11.5. The van der Waals surface area contributed by atoms with E-state index < -0.39 is 0 Å². The van der Waals surface area contributed by atoms with E-state index in [9.17, 15) is 9.59 Å². The highest BCUT2D eigenvalue weighted by Gasteiger charge is 2.19. The molecule has 0 aliphatic carbocycles. The minimum absolute atomic E-state index is 0.123. The highest BCUT2D eigenvalue weighted by molar-refractivity contribution is 7.99. The first kappa shape index (κ1) is 16.5. The molecule has 1 aliphatic heterocycles. The third kappa shape index (κ3) is 3.94. The van der Waals surface area contributed by atoms with E-state index in [-0.39, 0.29) is 11.8 Å². The van der Waals surface area contributed by atoms with E-state index in [2.05, 4.69) is 15.5 Å². The predicted molar refractivity (Wildman–Crippen MR) is 92.2 cm³/mol. The number of rotatable bonds is 5. The van der Waals surface area contributed by atoms with Gasteiger partial charge in [0.1, 0.15) is 6.33 Å². The van der Waals surface area contributed by atoms with Crippen LogP contribution in [0.2, 0.25) is 0 Å². The molecule has 1 aliphatic rings. The molecule has 2 aromatic rings. The Bertz CT molecular complexity index is 740. The van der Waals surface area contributed by atoms with Crippen molar-refractivity contribution in [3.8, 4) is 5.69 Å². The van der Waals surface area contributed by atoms with Gasteiger partial charge in [0.2, 0.25) is 11.8 Å². The van der Waals surface area contributed by atoms with Gasteiger partial charge >= 0.3 is 0 Å². The molecule has 2 heterocycles. The van der Waals surface area contributed by atoms with Crippen molar-refractivity contribution < 1.29 is 9.59 Å². The van der Waals surface area contributed by atoms with Gasteiger partial charge < -0.3 is 10.2 Å². The summed E-state index contributed by atoms with van der Waals surface area (Å²) < 4.78 is 1.81. The van der Waals surface area contributed by atoms with Crippen LogP contribution < -0.4 is 5.32 Å². The van der Waals surface area contributed by atoms with Crippen LogP contribution in [0, 0.1) is 0 Å². The summed E-state index contributed by atoms with van der Waals surface area (Å²) in [4.78, 5) is 25.3. The fourth-order valence-electron chi connectivity index (χ4n) is 2.62. The number of carbonyl (C=O) groups is 2. The van der Waals surface area contributed by atoms with Crippen molar-refractivity contribution in [1.82, 2.24) is 19.7 Å². The first-order chi connectivity index (χ1) is 11.6. The van der Waals surface area contributed by atoms with Gasteiger partial charge in [-0.25, -0.2) is 0 Å². The van der Waals surface area contributed by atoms with Gasteiger partial charge in [0.15, 0.2) is 5.16 Å². The molecule has 7 nitrogen and oxygen atoms in total. The molecule has 0 saturated carbocycles. The van der Waals surface area contributed by atoms with Crippen LogP contribution in [-0.4, -0.2) is 50.3 Å². The van der Waals surface area contributed by atoms with Gasteiger partial charge in [0, 0.05) is 25.7 Å². The highest BCUT2D eigenvalue weighted by Crippen LogP contribution is 2.22. The predicted octanol–water partition coefficient (Wildman–Crippen LogP) is 1.94. The zero-order valence-corrected chi connectivity index (χ0v) is 14.3. The van der Waals surface area contributed by atoms with Crippen molar-refractivity contribution in [3.05, 3.63) is 30.6 Å². The molecule has 1 aromatic heterocycles. The Morgan fingerprint density at radius 3 is 2.83 bits per heavy atom. The average Bonchev–Trinajstić information content (AvgIpc) is 3.24. The topological polar surface area (TPSA) is 80.1 Å². The minimum Gasteiger partial charge on any atom is -0.342 e.